The van der Waals surface area contributed by atoms with Gasteiger partial charge in [0.2, 0.25) is 10.0 Å². The number of nitrogens with one attached hydrogen (secondary N) is 2. The van der Waals surface area contributed by atoms with E-state index in [2.05, 4.69) is 4.98 Å². The summed E-state index contributed by atoms with van der Waals surface area (Å²) in [5.41, 5.74) is -2.70. The van der Waals surface area contributed by atoms with Gasteiger partial charge in [0.25, 0.3) is 5.91 Å². The summed E-state index contributed by atoms with van der Waals surface area (Å²) in [6.45, 7) is 0.494. The molecule has 0 radical (unpaired) electrons. The number of rotatable bonds is 5. The molecule has 30 heavy (non-hydrogen) atoms. The number of pyridine rings is 1. The second-order valence-electron chi connectivity index (χ2n) is 6.03. The van der Waals surface area contributed by atoms with Crippen LogP contribution in [0.3, 0.4) is 0 Å². The van der Waals surface area contributed by atoms with Gasteiger partial charge in [0, 0.05) is 25.1 Å². The lowest BCUT2D eigenvalue weighted by molar-refractivity contribution is -0.147. The zero-order valence-electron chi connectivity index (χ0n) is 15.1. The summed E-state index contributed by atoms with van der Waals surface area (Å²) < 4.78 is 116. The first kappa shape index (κ1) is 23.6. The third kappa shape index (κ3) is 5.08. The van der Waals surface area contributed by atoms with Crippen molar-refractivity contribution < 1.29 is 43.9 Å². The van der Waals surface area contributed by atoms with Crippen LogP contribution >= 0.6 is 0 Å². The minimum Gasteiger partial charge on any atom is -0.343 e. The summed E-state index contributed by atoms with van der Waals surface area (Å²) >= 11 is 0. The molecule has 15 heteroatoms. The fourth-order valence-corrected chi connectivity index (χ4v) is 3.59. The highest BCUT2D eigenvalue weighted by molar-refractivity contribution is 7.89. The summed E-state index contributed by atoms with van der Waals surface area (Å²) in [5, 5.41) is 1.95. The molecule has 0 saturated carbocycles. The smallest absolute Gasteiger partial charge is 0.343 e. The third-order valence-corrected chi connectivity index (χ3v) is 5.25. The third-order valence-electron chi connectivity index (χ3n) is 3.72. The van der Waals surface area contributed by atoms with E-state index in [9.17, 15) is 43.9 Å². The lowest BCUT2D eigenvalue weighted by Gasteiger charge is -2.16. The maximum atomic E-state index is 14.6. The van der Waals surface area contributed by atoms with Gasteiger partial charge in [-0.15, -0.1) is 0 Å². The average molecular weight is 462 g/mol. The number of aromatic nitrogens is 2. The first-order valence-electron chi connectivity index (χ1n) is 7.82. The van der Waals surface area contributed by atoms with Crippen molar-refractivity contribution in [2.45, 2.75) is 30.2 Å². The number of aryl methyl sites for hydroxylation is 1. The molecule has 1 unspecified atom stereocenters. The highest BCUT2D eigenvalue weighted by Gasteiger charge is 2.40. The lowest BCUT2D eigenvalue weighted by Crippen LogP contribution is -2.43. The molecule has 0 spiro atoms. The van der Waals surface area contributed by atoms with Crippen LogP contribution in [0.5, 0.6) is 0 Å². The second-order valence-corrected chi connectivity index (χ2v) is 7.72. The summed E-state index contributed by atoms with van der Waals surface area (Å²) in [6.07, 6.45) is -8.48. The number of amides is 1. The molecule has 0 bridgehead atoms. The first-order chi connectivity index (χ1) is 13.5. The molecule has 166 valence electrons. The van der Waals surface area contributed by atoms with Crippen molar-refractivity contribution in [1.82, 2.24) is 14.3 Å². The molecule has 1 atom stereocenters. The Bertz CT molecular complexity index is 1060. The Labute approximate surface area is 164 Å². The number of hydrogen-bond acceptors (Lipinski definition) is 4. The molecule has 0 aliphatic carbocycles. The van der Waals surface area contributed by atoms with E-state index in [1.807, 2.05) is 5.32 Å². The van der Waals surface area contributed by atoms with Gasteiger partial charge in [0.15, 0.2) is 5.82 Å². The number of alkyl halides is 6. The molecule has 1 amide bonds. The van der Waals surface area contributed by atoms with Crippen molar-refractivity contribution >= 4 is 21.6 Å². The van der Waals surface area contributed by atoms with Crippen molar-refractivity contribution in [2.24, 2.45) is 7.05 Å². The van der Waals surface area contributed by atoms with E-state index in [0.717, 1.165) is 19.3 Å². The minimum atomic E-state index is -5.01. The summed E-state index contributed by atoms with van der Waals surface area (Å²) in [4.78, 5) is 14.1. The van der Waals surface area contributed by atoms with Crippen LogP contribution in [0.15, 0.2) is 29.4 Å². The molecular formula is C15H13F7N4O3S. The second kappa shape index (κ2) is 7.86. The predicted octanol–water partition coefficient (Wildman–Crippen LogP) is 3.06. The Morgan fingerprint density at radius 2 is 1.80 bits per heavy atom. The molecule has 0 aliphatic rings. The monoisotopic (exact) mass is 462 g/mol. The topological polar surface area (TPSA) is 93.1 Å². The van der Waals surface area contributed by atoms with Gasteiger partial charge in [0.05, 0.1) is 0 Å². The average Bonchev–Trinajstić information content (AvgIpc) is 2.88. The van der Waals surface area contributed by atoms with E-state index >= 15 is 0 Å². The molecule has 2 aromatic heterocycles. The fraction of sp³-hybridized carbons (Fsp3) is 0.333. The van der Waals surface area contributed by atoms with Crippen LogP contribution in [0, 0.1) is 5.82 Å². The first-order valence-corrected chi connectivity index (χ1v) is 9.31. The van der Waals surface area contributed by atoms with Crippen LogP contribution in [-0.4, -0.2) is 36.1 Å². The minimum absolute atomic E-state index is 0.420. The number of nitrogens with zero attached hydrogens (tertiary/aromatic N) is 2. The van der Waals surface area contributed by atoms with E-state index < -0.39 is 62.1 Å². The Morgan fingerprint density at radius 3 is 2.33 bits per heavy atom. The molecule has 2 aromatic rings. The Hall–Kier alpha value is -2.68. The van der Waals surface area contributed by atoms with Crippen LogP contribution in [0.1, 0.15) is 23.1 Å². The number of halogens is 7. The number of carbonyl (C=O) groups excluding carboxylic acids is 1. The molecular weight excluding hydrogens is 449 g/mol. The molecule has 0 aromatic carbocycles. The normalized spacial score (nSPS) is 13.9. The molecule has 0 aliphatic heterocycles. The molecule has 7 nitrogen and oxygen atoms in total. The van der Waals surface area contributed by atoms with Gasteiger partial charge in [-0.3, -0.25) is 9.78 Å². The van der Waals surface area contributed by atoms with Crippen LogP contribution < -0.4 is 10.0 Å². The standard InChI is InChI=1S/C15H13F7N4O3S/c1-7(14(17,18)19)25-30(28,29)9-6-26(2)12(11(9)16)13(27)24-8-3-4-23-10(5-8)15(20,21)22/h3-7,25H,1-2H3,(H,23,24,27). The van der Waals surface area contributed by atoms with E-state index in [1.54, 1.807) is 0 Å². The van der Waals surface area contributed by atoms with Crippen molar-refractivity contribution in [3.63, 3.8) is 0 Å². The van der Waals surface area contributed by atoms with Crippen molar-refractivity contribution in [3.8, 4) is 0 Å². The molecule has 0 saturated heterocycles. The molecule has 2 rings (SSSR count). The molecule has 2 heterocycles. The Kier molecular flexibility index (Phi) is 6.19. The Balaban J connectivity index is 2.35. The van der Waals surface area contributed by atoms with Gasteiger partial charge in [-0.2, -0.15) is 31.1 Å². The van der Waals surface area contributed by atoms with Crippen LogP contribution in [0.2, 0.25) is 0 Å². The van der Waals surface area contributed by atoms with E-state index in [-0.39, 0.29) is 0 Å². The number of sulfonamides is 1. The SMILES string of the molecule is CC(NS(=O)(=O)c1cn(C)c(C(=O)Nc2ccnc(C(F)(F)F)c2)c1F)C(F)(F)F. The highest BCUT2D eigenvalue weighted by atomic mass is 32.2. The number of carbonyl (C=O) groups is 1. The van der Waals surface area contributed by atoms with Crippen molar-refractivity contribution in [2.75, 3.05) is 5.32 Å². The number of anilines is 1. The zero-order chi connectivity index (χ0) is 23.1. The quantitative estimate of drug-likeness (QED) is 0.669. The predicted molar refractivity (Wildman–Crippen MR) is 88.4 cm³/mol. The largest absolute Gasteiger partial charge is 0.433 e. The van der Waals surface area contributed by atoms with E-state index in [0.29, 0.717) is 23.8 Å². The van der Waals surface area contributed by atoms with Crippen molar-refractivity contribution in [3.05, 3.63) is 41.7 Å². The van der Waals surface area contributed by atoms with Gasteiger partial charge in [-0.05, 0) is 19.1 Å². The zero-order valence-corrected chi connectivity index (χ0v) is 15.9. The van der Waals surface area contributed by atoms with Gasteiger partial charge in [-0.25, -0.2) is 12.8 Å². The summed E-state index contributed by atoms with van der Waals surface area (Å²) in [7, 11) is -3.99. The van der Waals surface area contributed by atoms with Crippen molar-refractivity contribution in [1.29, 1.82) is 0 Å². The lowest BCUT2D eigenvalue weighted by atomic mass is 10.3. The van der Waals surface area contributed by atoms with Gasteiger partial charge < -0.3 is 9.88 Å². The maximum Gasteiger partial charge on any atom is 0.433 e. The Morgan fingerprint density at radius 1 is 1.20 bits per heavy atom. The number of hydrogen-bond donors (Lipinski definition) is 2. The van der Waals surface area contributed by atoms with Gasteiger partial charge >= 0.3 is 12.4 Å². The van der Waals surface area contributed by atoms with Gasteiger partial charge in [0.1, 0.15) is 22.3 Å². The highest BCUT2D eigenvalue weighted by Crippen LogP contribution is 2.29. The van der Waals surface area contributed by atoms with Gasteiger partial charge in [-0.1, -0.05) is 0 Å². The van der Waals surface area contributed by atoms with Crippen LogP contribution in [-0.2, 0) is 23.2 Å². The van der Waals surface area contributed by atoms with E-state index in [1.165, 1.54) is 4.72 Å². The fourth-order valence-electron chi connectivity index (χ4n) is 2.23. The molecule has 0 fully saturated rings. The summed E-state index contributed by atoms with van der Waals surface area (Å²) in [6, 6.07) is -1.11. The summed E-state index contributed by atoms with van der Waals surface area (Å²) in [5.74, 6) is -3.01. The van der Waals surface area contributed by atoms with Crippen LogP contribution in [0.25, 0.3) is 0 Å². The van der Waals surface area contributed by atoms with Crippen LogP contribution in [0.4, 0.5) is 36.4 Å². The van der Waals surface area contributed by atoms with E-state index in [4.69, 9.17) is 0 Å². The maximum absolute atomic E-state index is 14.6. The molecule has 2 N–H and O–H groups in total.